The summed E-state index contributed by atoms with van der Waals surface area (Å²) in [6.07, 6.45) is 9.81. The predicted octanol–water partition coefficient (Wildman–Crippen LogP) is 0.334. The van der Waals surface area contributed by atoms with E-state index in [1.54, 1.807) is 0 Å². The zero-order valence-corrected chi connectivity index (χ0v) is 12.5. The normalized spacial score (nSPS) is 19.3. The average Bonchev–Trinajstić information content (AvgIpc) is 2.54. The fourth-order valence-electron chi connectivity index (χ4n) is 3.56. The van der Waals surface area contributed by atoms with Gasteiger partial charge in [-0.25, -0.2) is 0 Å². The molecule has 0 spiro atoms. The fourth-order valence-corrected chi connectivity index (χ4v) is 3.56. The molecule has 1 atom stereocenters. The van der Waals surface area contributed by atoms with E-state index < -0.39 is 0 Å². The minimum absolute atomic E-state index is 0.115. The number of rotatable bonds is 1. The Morgan fingerprint density at radius 3 is 2.82 bits per heavy atom. The van der Waals surface area contributed by atoms with E-state index in [1.165, 1.54) is 32.0 Å². The van der Waals surface area contributed by atoms with Crippen LogP contribution in [0.2, 0.25) is 0 Å². The smallest absolute Gasteiger partial charge is 0.0320 e. The number of hydrogen-bond acceptors (Lipinski definition) is 2. The second kappa shape index (κ2) is 5.15. The average molecular weight is 288 g/mol. The van der Waals surface area contributed by atoms with Gasteiger partial charge in [0, 0.05) is 11.7 Å². The van der Waals surface area contributed by atoms with Crippen molar-refractivity contribution in [2.24, 2.45) is 5.73 Å². The first-order valence-corrected chi connectivity index (χ1v) is 7.88. The summed E-state index contributed by atoms with van der Waals surface area (Å²) in [7, 11) is 0. The summed E-state index contributed by atoms with van der Waals surface area (Å²) in [6, 6.07) is 12.9. The number of nitrogens with two attached hydrogens (primary N) is 2. The molecule has 0 amide bonds. The molecule has 0 heterocycles. The molecule has 0 aromatic heterocycles. The van der Waals surface area contributed by atoms with Crippen molar-refractivity contribution in [3.05, 3.63) is 62.8 Å². The van der Waals surface area contributed by atoms with E-state index in [0.29, 0.717) is 0 Å². The molecule has 0 saturated heterocycles. The molecular formula is C20H20N2. The van der Waals surface area contributed by atoms with Gasteiger partial charge < -0.3 is 11.5 Å². The third kappa shape index (κ3) is 2.16. The van der Waals surface area contributed by atoms with E-state index in [2.05, 4.69) is 48.6 Å². The molecule has 2 aromatic rings. The van der Waals surface area contributed by atoms with E-state index in [4.69, 9.17) is 11.5 Å². The lowest BCUT2D eigenvalue weighted by molar-refractivity contribution is 0.886. The van der Waals surface area contributed by atoms with Gasteiger partial charge >= 0.3 is 0 Å². The van der Waals surface area contributed by atoms with Gasteiger partial charge in [0.2, 0.25) is 0 Å². The lowest BCUT2D eigenvalue weighted by Gasteiger charge is -2.16. The van der Waals surface area contributed by atoms with Crippen molar-refractivity contribution in [2.75, 3.05) is 5.73 Å². The Labute approximate surface area is 129 Å². The summed E-state index contributed by atoms with van der Waals surface area (Å²) in [5.41, 5.74) is 15.7. The highest BCUT2D eigenvalue weighted by Crippen LogP contribution is 2.16. The SMILES string of the molecule is Nc1ccc2c(c1)=C(c1cccc3c1=CC(N)CC=3)CCC=2. The fraction of sp³-hybridized carbons (Fsp3) is 0.200. The third-order valence-corrected chi connectivity index (χ3v) is 4.62. The molecule has 0 saturated carbocycles. The van der Waals surface area contributed by atoms with Crippen LogP contribution in [0.4, 0.5) is 5.69 Å². The Morgan fingerprint density at radius 1 is 1.00 bits per heavy atom. The Balaban J connectivity index is 2.12. The van der Waals surface area contributed by atoms with E-state index in [9.17, 15) is 0 Å². The van der Waals surface area contributed by atoms with Crippen molar-refractivity contribution < 1.29 is 0 Å². The maximum Gasteiger partial charge on any atom is 0.0320 e. The number of anilines is 1. The van der Waals surface area contributed by atoms with Crippen LogP contribution in [0, 0.1) is 0 Å². The van der Waals surface area contributed by atoms with Gasteiger partial charge in [0.25, 0.3) is 0 Å². The second-order valence-electron chi connectivity index (χ2n) is 6.15. The van der Waals surface area contributed by atoms with Crippen molar-refractivity contribution in [2.45, 2.75) is 25.3 Å². The number of hydrogen-bond donors (Lipinski definition) is 2. The summed E-state index contributed by atoms with van der Waals surface area (Å²) < 4.78 is 0. The first-order chi connectivity index (χ1) is 10.7. The first kappa shape index (κ1) is 13.4. The number of fused-ring (bicyclic) bond motifs is 2. The van der Waals surface area contributed by atoms with Crippen molar-refractivity contribution in [1.29, 1.82) is 0 Å². The molecule has 2 aromatic carbocycles. The summed E-state index contributed by atoms with van der Waals surface area (Å²) in [5, 5.41) is 5.14. The molecule has 1 unspecified atom stereocenters. The van der Waals surface area contributed by atoms with Gasteiger partial charge in [-0.05, 0) is 63.4 Å². The van der Waals surface area contributed by atoms with Crippen LogP contribution in [0.3, 0.4) is 0 Å². The van der Waals surface area contributed by atoms with Gasteiger partial charge in [-0.15, -0.1) is 0 Å². The van der Waals surface area contributed by atoms with Gasteiger partial charge in [0.05, 0.1) is 0 Å². The molecule has 4 N–H and O–H groups in total. The van der Waals surface area contributed by atoms with Crippen LogP contribution in [0.1, 0.15) is 24.8 Å². The molecule has 110 valence electrons. The summed E-state index contributed by atoms with van der Waals surface area (Å²) in [6.45, 7) is 0. The van der Waals surface area contributed by atoms with Crippen LogP contribution in [-0.4, -0.2) is 6.04 Å². The zero-order valence-electron chi connectivity index (χ0n) is 12.5. The molecule has 2 aliphatic rings. The Morgan fingerprint density at radius 2 is 1.91 bits per heavy atom. The van der Waals surface area contributed by atoms with Crippen LogP contribution in [-0.2, 0) is 0 Å². The van der Waals surface area contributed by atoms with E-state index in [0.717, 1.165) is 24.9 Å². The van der Waals surface area contributed by atoms with Gasteiger partial charge in [-0.2, -0.15) is 0 Å². The van der Waals surface area contributed by atoms with Crippen molar-refractivity contribution in [3.8, 4) is 0 Å². The monoisotopic (exact) mass is 288 g/mol. The van der Waals surface area contributed by atoms with Gasteiger partial charge in [0.15, 0.2) is 0 Å². The van der Waals surface area contributed by atoms with E-state index in [1.807, 2.05) is 6.07 Å². The summed E-state index contributed by atoms with van der Waals surface area (Å²) in [5.74, 6) is 0. The van der Waals surface area contributed by atoms with Crippen molar-refractivity contribution in [3.63, 3.8) is 0 Å². The Bertz CT molecular complexity index is 983. The maximum atomic E-state index is 6.14. The molecule has 22 heavy (non-hydrogen) atoms. The summed E-state index contributed by atoms with van der Waals surface area (Å²) in [4.78, 5) is 0. The van der Waals surface area contributed by atoms with E-state index >= 15 is 0 Å². The second-order valence-corrected chi connectivity index (χ2v) is 6.15. The standard InChI is InChI=1S/C20H20N2/c21-15-9-7-13-3-1-5-17(19(13)11-15)18-6-2-4-14-8-10-16(22)12-20(14)18/h1,3-5,7-8,10-12,15H,2,6,9,21-22H2. The minimum Gasteiger partial charge on any atom is -0.399 e. The molecular weight excluding hydrogens is 268 g/mol. The lowest BCUT2D eigenvalue weighted by atomic mass is 9.90. The molecule has 0 radical (unpaired) electrons. The van der Waals surface area contributed by atoms with Crippen LogP contribution >= 0.6 is 0 Å². The molecule has 2 aliphatic carbocycles. The highest BCUT2D eigenvalue weighted by atomic mass is 14.6. The Hall–Kier alpha value is -2.32. The van der Waals surface area contributed by atoms with Gasteiger partial charge in [-0.3, -0.25) is 0 Å². The predicted molar refractivity (Wildman–Crippen MR) is 93.5 cm³/mol. The minimum atomic E-state index is 0.115. The largest absolute Gasteiger partial charge is 0.399 e. The van der Waals surface area contributed by atoms with Crippen molar-refractivity contribution >= 4 is 29.5 Å². The highest BCUT2D eigenvalue weighted by Gasteiger charge is 2.11. The first-order valence-electron chi connectivity index (χ1n) is 7.88. The van der Waals surface area contributed by atoms with Crippen LogP contribution < -0.4 is 32.3 Å². The highest BCUT2D eigenvalue weighted by molar-refractivity contribution is 5.71. The van der Waals surface area contributed by atoms with Crippen molar-refractivity contribution in [1.82, 2.24) is 0 Å². The molecule has 0 fully saturated rings. The summed E-state index contributed by atoms with van der Waals surface area (Å²) >= 11 is 0. The quantitative estimate of drug-likeness (QED) is 0.743. The topological polar surface area (TPSA) is 52.0 Å². The molecule has 2 heteroatoms. The number of benzene rings is 2. The molecule has 0 bridgehead atoms. The number of nitrogen functional groups attached to an aromatic ring is 1. The lowest BCUT2D eigenvalue weighted by Crippen LogP contribution is -2.38. The molecule has 2 nitrogen and oxygen atoms in total. The van der Waals surface area contributed by atoms with Crippen LogP contribution in [0.5, 0.6) is 0 Å². The zero-order chi connectivity index (χ0) is 15.1. The molecule has 4 rings (SSSR count). The van der Waals surface area contributed by atoms with Crippen LogP contribution in [0.25, 0.3) is 23.8 Å². The van der Waals surface area contributed by atoms with Crippen LogP contribution in [0.15, 0.2) is 36.4 Å². The van der Waals surface area contributed by atoms with Gasteiger partial charge in [-0.1, -0.05) is 42.5 Å². The maximum absolute atomic E-state index is 6.14. The third-order valence-electron chi connectivity index (χ3n) is 4.62. The van der Waals surface area contributed by atoms with E-state index in [-0.39, 0.29) is 6.04 Å². The Kier molecular flexibility index (Phi) is 3.12. The van der Waals surface area contributed by atoms with Gasteiger partial charge in [0.1, 0.15) is 0 Å². The molecule has 0 aliphatic heterocycles.